The van der Waals surface area contributed by atoms with E-state index in [4.69, 9.17) is 4.52 Å². The van der Waals surface area contributed by atoms with E-state index in [0.29, 0.717) is 11.7 Å². The van der Waals surface area contributed by atoms with Crippen molar-refractivity contribution in [1.29, 1.82) is 0 Å². The van der Waals surface area contributed by atoms with E-state index in [9.17, 15) is 5.11 Å². The molecular formula is C19H13N3O2. The molecule has 0 radical (unpaired) electrons. The molecule has 0 aliphatic heterocycles. The van der Waals surface area contributed by atoms with Crippen LogP contribution < -0.4 is 0 Å². The van der Waals surface area contributed by atoms with Crippen LogP contribution in [-0.4, -0.2) is 20.2 Å². The van der Waals surface area contributed by atoms with Crippen LogP contribution in [0.4, 0.5) is 0 Å². The van der Waals surface area contributed by atoms with Crippen LogP contribution in [0.15, 0.2) is 77.6 Å². The molecule has 0 fully saturated rings. The maximum Gasteiger partial charge on any atom is 0.258 e. The summed E-state index contributed by atoms with van der Waals surface area (Å²) in [5, 5.41) is 13.3. The van der Waals surface area contributed by atoms with Gasteiger partial charge >= 0.3 is 0 Å². The predicted octanol–water partition coefficient (Wildman–Crippen LogP) is 4.17. The third kappa shape index (κ3) is 2.75. The van der Waals surface area contributed by atoms with Crippen molar-refractivity contribution in [3.63, 3.8) is 0 Å². The van der Waals surface area contributed by atoms with Crippen molar-refractivity contribution in [2.24, 2.45) is 0 Å². The molecule has 0 saturated heterocycles. The Labute approximate surface area is 138 Å². The molecule has 2 aromatic heterocycles. The topological polar surface area (TPSA) is 72.0 Å². The molecule has 0 spiro atoms. The summed E-state index contributed by atoms with van der Waals surface area (Å²) in [4.78, 5) is 8.54. The first-order chi connectivity index (χ1) is 11.8. The Morgan fingerprint density at radius 3 is 2.17 bits per heavy atom. The molecule has 4 rings (SSSR count). The summed E-state index contributed by atoms with van der Waals surface area (Å²) < 4.78 is 5.34. The molecule has 4 aromatic rings. The average molecular weight is 315 g/mol. The molecule has 0 bridgehead atoms. The molecule has 2 aromatic carbocycles. The number of hydrogen-bond donors (Lipinski definition) is 1. The van der Waals surface area contributed by atoms with E-state index < -0.39 is 0 Å². The molecule has 5 nitrogen and oxygen atoms in total. The van der Waals surface area contributed by atoms with Crippen LogP contribution >= 0.6 is 0 Å². The Balaban J connectivity index is 1.62. The van der Waals surface area contributed by atoms with E-state index in [-0.39, 0.29) is 5.75 Å². The number of rotatable bonds is 3. The van der Waals surface area contributed by atoms with Crippen LogP contribution in [0.1, 0.15) is 0 Å². The van der Waals surface area contributed by atoms with Crippen LogP contribution in [-0.2, 0) is 0 Å². The number of nitrogens with zero attached hydrogens (tertiary/aromatic N) is 3. The van der Waals surface area contributed by atoms with Gasteiger partial charge in [0.05, 0.1) is 0 Å². The highest BCUT2D eigenvalue weighted by molar-refractivity contribution is 5.67. The van der Waals surface area contributed by atoms with Gasteiger partial charge < -0.3 is 9.63 Å². The zero-order valence-electron chi connectivity index (χ0n) is 12.6. The zero-order valence-corrected chi connectivity index (χ0v) is 12.6. The summed E-state index contributed by atoms with van der Waals surface area (Å²) in [7, 11) is 0. The van der Waals surface area contributed by atoms with Gasteiger partial charge in [0.15, 0.2) is 0 Å². The summed E-state index contributed by atoms with van der Waals surface area (Å²) in [6.45, 7) is 0. The van der Waals surface area contributed by atoms with Crippen LogP contribution in [0.2, 0.25) is 0 Å². The van der Waals surface area contributed by atoms with Crippen molar-refractivity contribution in [2.75, 3.05) is 0 Å². The molecule has 0 aliphatic carbocycles. The van der Waals surface area contributed by atoms with Gasteiger partial charge in [0.1, 0.15) is 5.75 Å². The van der Waals surface area contributed by atoms with Gasteiger partial charge in [0, 0.05) is 23.5 Å². The lowest BCUT2D eigenvalue weighted by Crippen LogP contribution is -1.82. The summed E-state index contributed by atoms with van der Waals surface area (Å²) in [5.41, 5.74) is 3.76. The van der Waals surface area contributed by atoms with Crippen molar-refractivity contribution in [1.82, 2.24) is 15.1 Å². The Morgan fingerprint density at radius 2 is 1.46 bits per heavy atom. The van der Waals surface area contributed by atoms with Crippen molar-refractivity contribution in [2.45, 2.75) is 0 Å². The fraction of sp³-hybridized carbons (Fsp3) is 0. The minimum atomic E-state index is 0.202. The van der Waals surface area contributed by atoms with Gasteiger partial charge in [0.2, 0.25) is 5.82 Å². The van der Waals surface area contributed by atoms with Gasteiger partial charge in [0.25, 0.3) is 5.89 Å². The Kier molecular flexibility index (Phi) is 3.51. The molecule has 24 heavy (non-hydrogen) atoms. The third-order valence-electron chi connectivity index (χ3n) is 3.68. The highest BCUT2D eigenvalue weighted by atomic mass is 16.5. The van der Waals surface area contributed by atoms with E-state index in [1.807, 2.05) is 42.6 Å². The largest absolute Gasteiger partial charge is 0.508 e. The van der Waals surface area contributed by atoms with Crippen molar-refractivity contribution in [3.05, 3.63) is 73.1 Å². The van der Waals surface area contributed by atoms with Gasteiger partial charge in [-0.05, 0) is 53.6 Å². The smallest absolute Gasteiger partial charge is 0.258 e. The number of pyridine rings is 1. The highest BCUT2D eigenvalue weighted by Crippen LogP contribution is 2.26. The maximum absolute atomic E-state index is 9.34. The number of benzene rings is 2. The standard InChI is InChI=1S/C19H13N3O2/c23-17-9-7-14(8-10-17)18-21-19(24-22-18)15-5-3-13(4-6-15)16-2-1-11-20-12-16/h1-12,23H. The van der Waals surface area contributed by atoms with Crippen LogP contribution in [0.3, 0.4) is 0 Å². The Morgan fingerprint density at radius 1 is 0.750 bits per heavy atom. The van der Waals surface area contributed by atoms with E-state index >= 15 is 0 Å². The molecule has 2 heterocycles. The van der Waals surface area contributed by atoms with Crippen molar-refractivity contribution >= 4 is 0 Å². The molecule has 0 saturated carbocycles. The van der Waals surface area contributed by atoms with Crippen LogP contribution in [0, 0.1) is 0 Å². The first-order valence-corrected chi connectivity index (χ1v) is 7.43. The minimum absolute atomic E-state index is 0.202. The number of aromatic hydroxyl groups is 1. The molecule has 0 amide bonds. The summed E-state index contributed by atoms with van der Waals surface area (Å²) >= 11 is 0. The Bertz CT molecular complexity index is 946. The zero-order chi connectivity index (χ0) is 16.4. The molecule has 0 atom stereocenters. The average Bonchev–Trinajstić information content (AvgIpc) is 3.13. The molecule has 0 aliphatic rings. The van der Waals surface area contributed by atoms with Crippen LogP contribution in [0.5, 0.6) is 5.75 Å². The number of phenols is 1. The van der Waals surface area contributed by atoms with Gasteiger partial charge in [-0.3, -0.25) is 4.98 Å². The summed E-state index contributed by atoms with van der Waals surface area (Å²) in [6, 6.07) is 18.5. The minimum Gasteiger partial charge on any atom is -0.508 e. The first-order valence-electron chi connectivity index (χ1n) is 7.43. The molecule has 1 N–H and O–H groups in total. The molecule has 5 heteroatoms. The van der Waals surface area contributed by atoms with Crippen LogP contribution in [0.25, 0.3) is 34.0 Å². The van der Waals surface area contributed by atoms with Gasteiger partial charge in [-0.15, -0.1) is 0 Å². The first kappa shape index (κ1) is 14.1. The lowest BCUT2D eigenvalue weighted by atomic mass is 10.1. The SMILES string of the molecule is Oc1ccc(-c2noc(-c3ccc(-c4cccnc4)cc3)n2)cc1. The Hall–Kier alpha value is -3.47. The molecule has 0 unspecified atom stereocenters. The highest BCUT2D eigenvalue weighted by Gasteiger charge is 2.10. The lowest BCUT2D eigenvalue weighted by Gasteiger charge is -2.01. The fourth-order valence-corrected chi connectivity index (χ4v) is 2.41. The summed E-state index contributed by atoms with van der Waals surface area (Å²) in [6.07, 6.45) is 3.58. The second-order valence-corrected chi connectivity index (χ2v) is 5.29. The fourth-order valence-electron chi connectivity index (χ4n) is 2.41. The van der Waals surface area contributed by atoms with Gasteiger partial charge in [-0.25, -0.2) is 0 Å². The monoisotopic (exact) mass is 315 g/mol. The molecule has 116 valence electrons. The second-order valence-electron chi connectivity index (χ2n) is 5.29. The van der Waals surface area contributed by atoms with E-state index in [1.54, 1.807) is 30.5 Å². The third-order valence-corrected chi connectivity index (χ3v) is 3.68. The van der Waals surface area contributed by atoms with E-state index in [2.05, 4.69) is 15.1 Å². The van der Waals surface area contributed by atoms with Gasteiger partial charge in [-0.1, -0.05) is 23.4 Å². The second kappa shape index (κ2) is 5.96. The predicted molar refractivity (Wildman–Crippen MR) is 90.1 cm³/mol. The van der Waals surface area contributed by atoms with Crippen molar-refractivity contribution in [3.8, 4) is 39.7 Å². The quantitative estimate of drug-likeness (QED) is 0.614. The van der Waals surface area contributed by atoms with E-state index in [0.717, 1.165) is 22.3 Å². The maximum atomic E-state index is 9.34. The van der Waals surface area contributed by atoms with Gasteiger partial charge in [-0.2, -0.15) is 4.98 Å². The number of aromatic nitrogens is 3. The lowest BCUT2D eigenvalue weighted by molar-refractivity contribution is 0.432. The normalized spacial score (nSPS) is 10.7. The van der Waals surface area contributed by atoms with E-state index in [1.165, 1.54) is 0 Å². The molecular weight excluding hydrogens is 302 g/mol. The number of phenolic OH excluding ortho intramolecular Hbond substituents is 1. The van der Waals surface area contributed by atoms with Crippen molar-refractivity contribution < 1.29 is 9.63 Å². The summed E-state index contributed by atoms with van der Waals surface area (Å²) in [5.74, 6) is 1.14. The number of hydrogen-bond acceptors (Lipinski definition) is 5.